The third-order valence-electron chi connectivity index (χ3n) is 2.73. The average Bonchev–Trinajstić information content (AvgIpc) is 2.41. The summed E-state index contributed by atoms with van der Waals surface area (Å²) in [6, 6.07) is 4.27. The van der Waals surface area contributed by atoms with Gasteiger partial charge in [0.05, 0.1) is 0 Å². The summed E-state index contributed by atoms with van der Waals surface area (Å²) in [5.74, 6) is 2.43. The van der Waals surface area contributed by atoms with E-state index in [-0.39, 0.29) is 0 Å². The first-order chi connectivity index (χ1) is 8.88. The van der Waals surface area contributed by atoms with Gasteiger partial charge in [-0.2, -0.15) is 0 Å². The molecule has 1 aromatic heterocycles. The molecule has 0 atom stereocenters. The van der Waals surface area contributed by atoms with Gasteiger partial charge in [-0.25, -0.2) is 4.98 Å². The van der Waals surface area contributed by atoms with Crippen LogP contribution in [0.25, 0.3) is 0 Å². The topological polar surface area (TPSA) is 12.9 Å². The molecule has 0 aliphatic rings. The molecule has 0 saturated carbocycles. The minimum atomic E-state index is 1.20. The van der Waals surface area contributed by atoms with Crippen molar-refractivity contribution >= 4 is 23.5 Å². The normalized spacial score (nSPS) is 10.8. The van der Waals surface area contributed by atoms with Crippen molar-refractivity contribution in [3.63, 3.8) is 0 Å². The lowest BCUT2D eigenvalue weighted by atomic mass is 10.3. The van der Waals surface area contributed by atoms with Crippen LogP contribution in [0.5, 0.6) is 0 Å². The van der Waals surface area contributed by atoms with Crippen LogP contribution in [0.2, 0.25) is 0 Å². The van der Waals surface area contributed by atoms with E-state index in [1.165, 1.54) is 60.0 Å². The fourth-order valence-corrected chi connectivity index (χ4v) is 3.81. The van der Waals surface area contributed by atoms with E-state index in [0.29, 0.717) is 0 Å². The van der Waals surface area contributed by atoms with Gasteiger partial charge in [-0.1, -0.05) is 39.5 Å². The predicted octanol–water partition coefficient (Wildman–Crippen LogP) is 5.65. The third-order valence-corrected chi connectivity index (χ3v) is 5.08. The van der Waals surface area contributed by atoms with E-state index in [0.717, 1.165) is 0 Å². The average molecular weight is 284 g/mol. The van der Waals surface area contributed by atoms with Gasteiger partial charge in [-0.3, -0.25) is 0 Å². The maximum Gasteiger partial charge on any atom is 0.110 e. The van der Waals surface area contributed by atoms with Gasteiger partial charge in [0.1, 0.15) is 5.03 Å². The van der Waals surface area contributed by atoms with Gasteiger partial charge in [-0.05, 0) is 36.5 Å². The van der Waals surface area contributed by atoms with Crippen molar-refractivity contribution in [2.24, 2.45) is 0 Å². The molecule has 1 aromatic rings. The molecule has 0 unspecified atom stereocenters. The Kier molecular flexibility index (Phi) is 9.49. The van der Waals surface area contributed by atoms with Crippen LogP contribution in [0, 0.1) is 0 Å². The molecule has 0 radical (unpaired) electrons. The number of hydrogen-bond donors (Lipinski definition) is 0. The Labute approximate surface area is 121 Å². The number of unbranched alkanes of at least 4 members (excludes halogenated alkanes) is 4. The molecule has 1 rings (SSSR count). The van der Waals surface area contributed by atoms with Crippen LogP contribution < -0.4 is 0 Å². The van der Waals surface area contributed by atoms with E-state index in [1.54, 1.807) is 0 Å². The van der Waals surface area contributed by atoms with Crippen molar-refractivity contribution in [3.05, 3.63) is 18.3 Å². The van der Waals surface area contributed by atoms with Crippen molar-refractivity contribution in [2.75, 3.05) is 11.5 Å². The van der Waals surface area contributed by atoms with E-state index >= 15 is 0 Å². The lowest BCUT2D eigenvalue weighted by molar-refractivity contribution is 0.776. The fourth-order valence-electron chi connectivity index (χ4n) is 1.65. The molecule has 0 aromatic carbocycles. The molecule has 0 fully saturated rings. The predicted molar refractivity (Wildman–Crippen MR) is 84.7 cm³/mol. The molecule has 1 heterocycles. The van der Waals surface area contributed by atoms with E-state index in [4.69, 9.17) is 0 Å². The quantitative estimate of drug-likeness (QED) is 0.407. The minimum Gasteiger partial charge on any atom is -0.249 e. The lowest BCUT2D eigenvalue weighted by Crippen LogP contribution is -1.88. The minimum absolute atomic E-state index is 1.20. The summed E-state index contributed by atoms with van der Waals surface area (Å²) < 4.78 is 0. The lowest BCUT2D eigenvalue weighted by Gasteiger charge is -2.07. The molecule has 0 aliphatic carbocycles. The summed E-state index contributed by atoms with van der Waals surface area (Å²) in [5, 5.41) is 1.23. The van der Waals surface area contributed by atoms with Gasteiger partial charge in [0.15, 0.2) is 0 Å². The van der Waals surface area contributed by atoms with Crippen molar-refractivity contribution in [2.45, 2.75) is 62.3 Å². The van der Waals surface area contributed by atoms with Crippen LogP contribution in [0.4, 0.5) is 0 Å². The molecule has 0 amide bonds. The smallest absolute Gasteiger partial charge is 0.110 e. The van der Waals surface area contributed by atoms with Crippen LogP contribution in [-0.2, 0) is 0 Å². The maximum absolute atomic E-state index is 4.52. The highest BCUT2D eigenvalue weighted by Crippen LogP contribution is 2.30. The van der Waals surface area contributed by atoms with E-state index in [1.807, 2.05) is 29.7 Å². The second-order valence-electron chi connectivity index (χ2n) is 4.42. The number of hydrogen-bond acceptors (Lipinski definition) is 3. The first kappa shape index (κ1) is 15.9. The van der Waals surface area contributed by atoms with E-state index in [9.17, 15) is 0 Å². The van der Waals surface area contributed by atoms with Gasteiger partial charge in [0.25, 0.3) is 0 Å². The third kappa shape index (κ3) is 6.69. The number of pyridine rings is 1. The molecular formula is C15H25NS2. The molecule has 0 bridgehead atoms. The largest absolute Gasteiger partial charge is 0.249 e. The molecule has 3 heteroatoms. The summed E-state index contributed by atoms with van der Waals surface area (Å²) >= 11 is 3.89. The zero-order chi connectivity index (χ0) is 13.1. The summed E-state index contributed by atoms with van der Waals surface area (Å²) in [7, 11) is 0. The Morgan fingerprint density at radius 3 is 2.28 bits per heavy atom. The number of thioether (sulfide) groups is 2. The van der Waals surface area contributed by atoms with Crippen LogP contribution >= 0.6 is 23.5 Å². The zero-order valence-electron chi connectivity index (χ0n) is 11.7. The molecule has 0 N–H and O–H groups in total. The Hall–Kier alpha value is -0.150. The summed E-state index contributed by atoms with van der Waals surface area (Å²) in [6.07, 6.45) is 9.80. The highest BCUT2D eigenvalue weighted by Gasteiger charge is 2.04. The first-order valence-electron chi connectivity index (χ1n) is 7.09. The van der Waals surface area contributed by atoms with Gasteiger partial charge in [0, 0.05) is 11.1 Å². The molecule has 102 valence electrons. The van der Waals surface area contributed by atoms with E-state index < -0.39 is 0 Å². The fraction of sp³-hybridized carbons (Fsp3) is 0.667. The monoisotopic (exact) mass is 283 g/mol. The van der Waals surface area contributed by atoms with Crippen molar-refractivity contribution in [3.8, 4) is 0 Å². The van der Waals surface area contributed by atoms with Gasteiger partial charge in [0.2, 0.25) is 0 Å². The standard InChI is InChI=1S/C15H25NS2/c1-3-5-7-12-17-14-10-9-11-16-15(14)18-13-8-6-4-2/h9-11H,3-8,12-13H2,1-2H3. The Balaban J connectivity index is 2.36. The second-order valence-corrected chi connectivity index (χ2v) is 6.64. The van der Waals surface area contributed by atoms with Crippen LogP contribution in [0.3, 0.4) is 0 Å². The highest BCUT2D eigenvalue weighted by atomic mass is 32.2. The molecule has 1 nitrogen and oxygen atoms in total. The molecular weight excluding hydrogens is 258 g/mol. The van der Waals surface area contributed by atoms with Crippen molar-refractivity contribution in [1.82, 2.24) is 4.98 Å². The summed E-state index contributed by atoms with van der Waals surface area (Å²) in [5.41, 5.74) is 0. The number of aromatic nitrogens is 1. The zero-order valence-corrected chi connectivity index (χ0v) is 13.3. The summed E-state index contributed by atoms with van der Waals surface area (Å²) in [4.78, 5) is 5.89. The van der Waals surface area contributed by atoms with Gasteiger partial charge < -0.3 is 0 Å². The van der Waals surface area contributed by atoms with Gasteiger partial charge in [-0.15, -0.1) is 23.5 Å². The maximum atomic E-state index is 4.52. The summed E-state index contributed by atoms with van der Waals surface area (Å²) in [6.45, 7) is 4.50. The molecule has 0 saturated heterocycles. The Bertz CT molecular complexity index is 284. The first-order valence-corrected chi connectivity index (χ1v) is 9.06. The molecule has 0 spiro atoms. The number of rotatable bonds is 10. The number of nitrogens with zero attached hydrogens (tertiary/aromatic N) is 1. The Morgan fingerprint density at radius 1 is 0.944 bits per heavy atom. The Morgan fingerprint density at radius 2 is 1.61 bits per heavy atom. The molecule has 0 aliphatic heterocycles. The second kappa shape index (κ2) is 10.7. The van der Waals surface area contributed by atoms with Crippen molar-refractivity contribution in [1.29, 1.82) is 0 Å². The highest BCUT2D eigenvalue weighted by molar-refractivity contribution is 8.02. The molecule has 18 heavy (non-hydrogen) atoms. The van der Waals surface area contributed by atoms with Crippen LogP contribution in [0.15, 0.2) is 28.3 Å². The SMILES string of the molecule is CCCCCSc1cccnc1SCCCCC. The van der Waals surface area contributed by atoms with Gasteiger partial charge >= 0.3 is 0 Å². The van der Waals surface area contributed by atoms with Crippen LogP contribution in [-0.4, -0.2) is 16.5 Å². The van der Waals surface area contributed by atoms with E-state index in [2.05, 4.69) is 31.0 Å². The van der Waals surface area contributed by atoms with Crippen molar-refractivity contribution < 1.29 is 0 Å². The van der Waals surface area contributed by atoms with Crippen LogP contribution in [0.1, 0.15) is 52.4 Å².